The van der Waals surface area contributed by atoms with Gasteiger partial charge in [0.2, 0.25) is 5.60 Å². The molecule has 5 rings (SSSR count). The van der Waals surface area contributed by atoms with Crippen LogP contribution in [0.2, 0.25) is 0 Å². The van der Waals surface area contributed by atoms with Gasteiger partial charge >= 0.3 is 17.9 Å². The predicted molar refractivity (Wildman–Crippen MR) is 130 cm³/mol. The van der Waals surface area contributed by atoms with Crippen molar-refractivity contribution < 1.29 is 34.1 Å². The van der Waals surface area contributed by atoms with Crippen LogP contribution in [0, 0.1) is 0 Å². The van der Waals surface area contributed by atoms with Crippen molar-refractivity contribution in [1.82, 2.24) is 9.55 Å². The van der Waals surface area contributed by atoms with Crippen molar-refractivity contribution in [3.05, 3.63) is 56.9 Å². The number of nitrogens with zero attached hydrogens (tertiary/aromatic N) is 2. The van der Waals surface area contributed by atoms with Crippen molar-refractivity contribution in [2.24, 2.45) is 0 Å². The number of pyridine rings is 2. The maximum Gasteiger partial charge on any atom is 0.355 e. The van der Waals surface area contributed by atoms with E-state index in [4.69, 9.17) is 19.6 Å². The van der Waals surface area contributed by atoms with Gasteiger partial charge in [0.25, 0.3) is 5.56 Å². The number of fused-ring (bicyclic) bond motifs is 5. The Bertz CT molecular complexity index is 1530. The second kappa shape index (κ2) is 8.66. The number of ether oxygens (including phenoxy) is 2. The third kappa shape index (κ3) is 3.70. The Morgan fingerprint density at radius 3 is 2.72 bits per heavy atom. The van der Waals surface area contributed by atoms with E-state index in [1.807, 2.05) is 6.92 Å². The minimum absolute atomic E-state index is 0.122. The highest BCUT2D eigenvalue weighted by atomic mass is 32.2. The molecule has 1 atom stereocenters. The fraction of sp³-hybridized carbons (Fsp3) is 0.320. The van der Waals surface area contributed by atoms with Gasteiger partial charge in [0.15, 0.2) is 0 Å². The van der Waals surface area contributed by atoms with Crippen LogP contribution < -0.4 is 5.56 Å². The molecule has 0 fully saturated rings. The van der Waals surface area contributed by atoms with Gasteiger partial charge in [-0.25, -0.2) is 9.78 Å². The lowest BCUT2D eigenvalue weighted by Gasteiger charge is -2.33. The number of aryl methyl sites for hydroxylation is 1. The van der Waals surface area contributed by atoms with E-state index >= 15 is 0 Å². The van der Waals surface area contributed by atoms with Crippen molar-refractivity contribution in [3.63, 3.8) is 0 Å². The van der Waals surface area contributed by atoms with E-state index in [-0.39, 0.29) is 47.1 Å². The number of esters is 2. The first-order valence-corrected chi connectivity index (χ1v) is 12.4. The molecule has 0 saturated heterocycles. The van der Waals surface area contributed by atoms with E-state index in [0.29, 0.717) is 23.3 Å². The number of aromatic nitrogens is 2. The molecule has 36 heavy (non-hydrogen) atoms. The minimum atomic E-state index is -1.87. The van der Waals surface area contributed by atoms with E-state index in [2.05, 4.69) is 0 Å². The number of thioether (sulfide) groups is 1. The highest BCUT2D eigenvalue weighted by Crippen LogP contribution is 2.41. The number of phenolic OH excluding ortho intramolecular Hbond substituents is 1. The molecule has 2 N–H and O–H groups in total. The lowest BCUT2D eigenvalue weighted by molar-refractivity contribution is -0.184. The number of carbonyl (C=O) groups is 3. The molecule has 10 nitrogen and oxygen atoms in total. The molecule has 0 saturated carbocycles. The summed E-state index contributed by atoms with van der Waals surface area (Å²) >= 11 is 0.840. The standard InChI is InChI=1S/C25H22N2O8S/c1-3-13-14-6-12(28)4-5-18(14)26-22-15(13)8-27-19(22)7-17-16(23(27)32)9-34-24(33)25(17,2)35-21(31)11-36-10-20(29)30/h4-7,28H,3,8-11H2,1-2H3,(H,29,30)/t25-/m0/s1. The molecular weight excluding hydrogens is 488 g/mol. The van der Waals surface area contributed by atoms with Gasteiger partial charge in [0.05, 0.1) is 40.5 Å². The molecule has 0 radical (unpaired) electrons. The largest absolute Gasteiger partial charge is 0.508 e. The number of hydrogen-bond donors (Lipinski definition) is 2. The van der Waals surface area contributed by atoms with Crippen LogP contribution >= 0.6 is 11.8 Å². The first-order valence-electron chi connectivity index (χ1n) is 11.2. The van der Waals surface area contributed by atoms with Crippen molar-refractivity contribution >= 4 is 40.6 Å². The average molecular weight is 511 g/mol. The monoisotopic (exact) mass is 510 g/mol. The van der Waals surface area contributed by atoms with E-state index in [9.17, 15) is 24.3 Å². The first kappa shape index (κ1) is 23.9. The van der Waals surface area contributed by atoms with Crippen LogP contribution in [0.3, 0.4) is 0 Å². The molecule has 1 aromatic carbocycles. The molecule has 11 heteroatoms. The summed E-state index contributed by atoms with van der Waals surface area (Å²) in [5, 5.41) is 19.6. The fourth-order valence-corrected chi connectivity index (χ4v) is 5.37. The predicted octanol–water partition coefficient (Wildman–Crippen LogP) is 2.33. The summed E-state index contributed by atoms with van der Waals surface area (Å²) in [5.74, 6) is -3.15. The molecular formula is C25H22N2O8S. The molecule has 186 valence electrons. The molecule has 0 amide bonds. The van der Waals surface area contributed by atoms with Crippen LogP contribution in [-0.2, 0) is 49.0 Å². The number of aliphatic carboxylic acids is 1. The maximum absolute atomic E-state index is 13.5. The number of aromatic hydroxyl groups is 1. The van der Waals surface area contributed by atoms with Gasteiger partial charge < -0.3 is 24.3 Å². The highest BCUT2D eigenvalue weighted by Gasteiger charge is 2.48. The molecule has 3 aromatic rings. The zero-order chi connectivity index (χ0) is 25.8. The molecule has 0 bridgehead atoms. The summed E-state index contributed by atoms with van der Waals surface area (Å²) in [6.45, 7) is 3.37. The summed E-state index contributed by atoms with van der Waals surface area (Å²) in [5.41, 5.74) is 1.75. The SMILES string of the molecule is CCc1c2c(nc3ccc(O)cc13)-c1cc3c(c(=O)n1C2)COC(=O)[C@@]3(C)OC(=O)CSCC(=O)O. The number of hydrogen-bond acceptors (Lipinski definition) is 9. The minimum Gasteiger partial charge on any atom is -0.508 e. The van der Waals surface area contributed by atoms with E-state index in [0.717, 1.165) is 28.3 Å². The van der Waals surface area contributed by atoms with Gasteiger partial charge in [-0.1, -0.05) is 6.92 Å². The summed E-state index contributed by atoms with van der Waals surface area (Å²) in [7, 11) is 0. The molecule has 0 spiro atoms. The molecule has 4 heterocycles. The van der Waals surface area contributed by atoms with E-state index in [1.165, 1.54) is 6.92 Å². The number of cyclic esters (lactones) is 1. The second-order valence-electron chi connectivity index (χ2n) is 8.76. The van der Waals surface area contributed by atoms with Crippen LogP contribution in [0.1, 0.15) is 36.1 Å². The van der Waals surface area contributed by atoms with E-state index in [1.54, 1.807) is 28.8 Å². The lowest BCUT2D eigenvalue weighted by atomic mass is 9.89. The molecule has 2 aliphatic rings. The van der Waals surface area contributed by atoms with Crippen LogP contribution in [0.4, 0.5) is 0 Å². The Hall–Kier alpha value is -3.86. The molecule has 2 aliphatic heterocycles. The van der Waals surface area contributed by atoms with Gasteiger partial charge in [0, 0.05) is 16.5 Å². The van der Waals surface area contributed by atoms with Crippen molar-refractivity contribution in [2.75, 3.05) is 11.5 Å². The highest BCUT2D eigenvalue weighted by molar-refractivity contribution is 8.00. The van der Waals surface area contributed by atoms with E-state index < -0.39 is 23.5 Å². The van der Waals surface area contributed by atoms with Gasteiger partial charge in [-0.3, -0.25) is 14.4 Å². The van der Waals surface area contributed by atoms with Gasteiger partial charge in [0.1, 0.15) is 12.4 Å². The fourth-order valence-electron chi connectivity index (χ4n) is 4.87. The van der Waals surface area contributed by atoms with Gasteiger partial charge in [-0.05, 0) is 43.2 Å². The third-order valence-electron chi connectivity index (χ3n) is 6.51. The number of phenols is 1. The second-order valence-corrected chi connectivity index (χ2v) is 9.74. The average Bonchev–Trinajstić information content (AvgIpc) is 3.19. The lowest BCUT2D eigenvalue weighted by Crippen LogP contribution is -2.46. The number of rotatable bonds is 6. The number of carboxylic acids is 1. The number of carboxylic acid groups (broad SMARTS) is 1. The number of carbonyl (C=O) groups excluding carboxylic acids is 2. The Balaban J connectivity index is 1.63. The van der Waals surface area contributed by atoms with Gasteiger partial charge in [-0.15, -0.1) is 11.8 Å². The molecule has 0 unspecified atom stereocenters. The number of benzene rings is 1. The summed E-state index contributed by atoms with van der Waals surface area (Å²) < 4.78 is 12.3. The third-order valence-corrected chi connectivity index (χ3v) is 7.41. The van der Waals surface area contributed by atoms with Crippen LogP contribution in [0.5, 0.6) is 5.75 Å². The Kier molecular flexibility index (Phi) is 5.74. The van der Waals surface area contributed by atoms with Crippen molar-refractivity contribution in [2.45, 2.75) is 39.0 Å². The Morgan fingerprint density at radius 1 is 1.22 bits per heavy atom. The van der Waals surface area contributed by atoms with Crippen LogP contribution in [0.15, 0.2) is 29.1 Å². The molecule has 0 aliphatic carbocycles. The molecule has 2 aromatic heterocycles. The zero-order valence-electron chi connectivity index (χ0n) is 19.5. The quantitative estimate of drug-likeness (QED) is 0.371. The van der Waals surface area contributed by atoms with Gasteiger partial charge in [-0.2, -0.15) is 0 Å². The van der Waals surface area contributed by atoms with Crippen LogP contribution in [0.25, 0.3) is 22.3 Å². The summed E-state index contributed by atoms with van der Waals surface area (Å²) in [6, 6.07) is 6.56. The first-order chi connectivity index (χ1) is 17.1. The summed E-state index contributed by atoms with van der Waals surface area (Å²) in [4.78, 5) is 54.3. The smallest absolute Gasteiger partial charge is 0.355 e. The Labute approximate surface area is 208 Å². The normalized spacial score (nSPS) is 17.8. The summed E-state index contributed by atoms with van der Waals surface area (Å²) in [6.07, 6.45) is 0.651. The zero-order valence-corrected chi connectivity index (χ0v) is 20.3. The van der Waals surface area contributed by atoms with Crippen molar-refractivity contribution in [3.8, 4) is 17.1 Å². The maximum atomic E-state index is 13.5. The Morgan fingerprint density at radius 2 is 2.00 bits per heavy atom. The topological polar surface area (TPSA) is 145 Å². The van der Waals surface area contributed by atoms with Crippen LogP contribution in [-0.4, -0.2) is 49.2 Å². The van der Waals surface area contributed by atoms with Crippen molar-refractivity contribution in [1.29, 1.82) is 0 Å².